The number of likely N-dealkylation sites (N-methyl/N-ethyl adjacent to an activating group) is 1. The van der Waals surface area contributed by atoms with Crippen LogP contribution >= 0.6 is 11.3 Å². The Labute approximate surface area is 160 Å². The Kier molecular flexibility index (Phi) is 5.98. The summed E-state index contributed by atoms with van der Waals surface area (Å²) in [7, 11) is 1.62. The number of carbonyl (C=O) groups is 2. The smallest absolute Gasteiger partial charge is 0.254 e. The van der Waals surface area contributed by atoms with Gasteiger partial charge in [-0.05, 0) is 29.6 Å². The van der Waals surface area contributed by atoms with Gasteiger partial charge in [0, 0.05) is 12.6 Å². The van der Waals surface area contributed by atoms with E-state index >= 15 is 0 Å². The second-order valence-corrected chi connectivity index (χ2v) is 6.81. The number of thiophene rings is 1. The number of para-hydroxylation sites is 1. The highest BCUT2D eigenvalue weighted by molar-refractivity contribution is 7.12. The fourth-order valence-corrected chi connectivity index (χ4v) is 3.25. The van der Waals surface area contributed by atoms with Crippen LogP contribution in [0, 0.1) is 5.82 Å². The Bertz CT molecular complexity index is 940. The van der Waals surface area contributed by atoms with Crippen LogP contribution in [0.4, 0.5) is 4.39 Å². The number of carbonyl (C=O) groups excluding carboxylic acids is 2. The monoisotopic (exact) mass is 383 g/mol. The second-order valence-electron chi connectivity index (χ2n) is 5.86. The summed E-state index contributed by atoms with van der Waals surface area (Å²) in [4.78, 5) is 27.5. The fraction of sp³-hybridized carbons (Fsp3) is 0.143. The van der Waals surface area contributed by atoms with Gasteiger partial charge in [-0.25, -0.2) is 4.39 Å². The highest BCUT2D eigenvalue weighted by Crippen LogP contribution is 2.20. The van der Waals surface area contributed by atoms with Crippen LogP contribution in [-0.2, 0) is 0 Å². The van der Waals surface area contributed by atoms with Gasteiger partial charge in [-0.15, -0.1) is 11.3 Å². The summed E-state index contributed by atoms with van der Waals surface area (Å²) in [6, 6.07) is 16.4. The minimum Gasteiger partial charge on any atom is -0.489 e. The van der Waals surface area contributed by atoms with Crippen LogP contribution in [-0.4, -0.2) is 36.8 Å². The first-order valence-corrected chi connectivity index (χ1v) is 9.26. The average molecular weight is 383 g/mol. The quantitative estimate of drug-likeness (QED) is 0.573. The van der Waals surface area contributed by atoms with Gasteiger partial charge in [0.2, 0.25) is 5.78 Å². The molecule has 6 heteroatoms. The van der Waals surface area contributed by atoms with E-state index < -0.39 is 5.82 Å². The van der Waals surface area contributed by atoms with Crippen molar-refractivity contribution in [1.82, 2.24) is 4.90 Å². The lowest BCUT2D eigenvalue weighted by Crippen LogP contribution is -2.32. The maximum absolute atomic E-state index is 13.6. The van der Waals surface area contributed by atoms with Crippen LogP contribution in [0.3, 0.4) is 0 Å². The zero-order valence-corrected chi connectivity index (χ0v) is 15.5. The van der Waals surface area contributed by atoms with Gasteiger partial charge in [-0.1, -0.05) is 36.4 Å². The van der Waals surface area contributed by atoms with Crippen molar-refractivity contribution in [2.75, 3.05) is 20.2 Å². The van der Waals surface area contributed by atoms with Crippen LogP contribution in [0.15, 0.2) is 66.0 Å². The van der Waals surface area contributed by atoms with Gasteiger partial charge in [0.25, 0.3) is 5.91 Å². The Morgan fingerprint density at radius 3 is 2.41 bits per heavy atom. The third-order valence-electron chi connectivity index (χ3n) is 4.01. The molecular formula is C21H18FNO3S. The molecule has 3 rings (SSSR count). The number of hydrogen-bond donors (Lipinski definition) is 0. The van der Waals surface area contributed by atoms with Gasteiger partial charge in [0.1, 0.15) is 6.61 Å². The summed E-state index contributed by atoms with van der Waals surface area (Å²) in [6.07, 6.45) is 0. The lowest BCUT2D eigenvalue weighted by molar-refractivity contribution is 0.0768. The van der Waals surface area contributed by atoms with Gasteiger partial charge in [-0.3, -0.25) is 9.59 Å². The molecule has 0 fully saturated rings. The lowest BCUT2D eigenvalue weighted by Gasteiger charge is -2.19. The largest absolute Gasteiger partial charge is 0.489 e. The summed E-state index contributed by atoms with van der Waals surface area (Å²) < 4.78 is 19.0. The molecule has 0 aliphatic rings. The van der Waals surface area contributed by atoms with E-state index in [1.807, 2.05) is 5.38 Å². The molecule has 0 saturated carbocycles. The van der Waals surface area contributed by atoms with Crippen molar-refractivity contribution < 1.29 is 18.7 Å². The summed E-state index contributed by atoms with van der Waals surface area (Å²) in [5.41, 5.74) is 0.705. The summed E-state index contributed by atoms with van der Waals surface area (Å²) in [5, 5.41) is 1.82. The van der Waals surface area contributed by atoms with Crippen LogP contribution in [0.5, 0.6) is 5.75 Å². The summed E-state index contributed by atoms with van der Waals surface area (Å²) >= 11 is 1.34. The third kappa shape index (κ3) is 4.41. The number of hydrogen-bond acceptors (Lipinski definition) is 4. The standard InChI is InChI=1S/C21H18FNO3S/c1-23(12-13-26-18-10-5-4-9-17(18)22)21(25)16-8-3-2-7-15(16)20(24)19-11-6-14-27-19/h2-11,14H,12-13H2,1H3. The number of ketones is 1. The van der Waals surface area contributed by atoms with Crippen molar-refractivity contribution in [2.24, 2.45) is 0 Å². The molecule has 138 valence electrons. The Hall–Kier alpha value is -2.99. The van der Waals surface area contributed by atoms with Gasteiger partial charge in [0.15, 0.2) is 11.6 Å². The van der Waals surface area contributed by atoms with Crippen LogP contribution in [0.1, 0.15) is 25.6 Å². The fourth-order valence-electron chi connectivity index (χ4n) is 2.57. The Morgan fingerprint density at radius 2 is 1.70 bits per heavy atom. The highest BCUT2D eigenvalue weighted by atomic mass is 32.1. The molecule has 0 spiro atoms. The van der Waals surface area contributed by atoms with E-state index in [1.54, 1.807) is 55.6 Å². The maximum atomic E-state index is 13.6. The molecule has 1 heterocycles. The molecule has 0 unspecified atom stereocenters. The molecule has 0 aliphatic carbocycles. The molecule has 0 saturated heterocycles. The molecule has 0 N–H and O–H groups in total. The highest BCUT2D eigenvalue weighted by Gasteiger charge is 2.21. The van der Waals surface area contributed by atoms with Crippen molar-refractivity contribution in [1.29, 1.82) is 0 Å². The first-order chi connectivity index (χ1) is 13.1. The number of halogens is 1. The van der Waals surface area contributed by atoms with E-state index in [2.05, 4.69) is 0 Å². The Balaban J connectivity index is 1.68. The zero-order chi connectivity index (χ0) is 19.2. The minimum absolute atomic E-state index is 0.143. The SMILES string of the molecule is CN(CCOc1ccccc1F)C(=O)c1ccccc1C(=O)c1cccs1. The van der Waals surface area contributed by atoms with Crippen molar-refractivity contribution in [3.8, 4) is 5.75 Å². The molecule has 0 radical (unpaired) electrons. The minimum atomic E-state index is -0.446. The predicted octanol–water partition coefficient (Wildman–Crippen LogP) is 4.27. The zero-order valence-electron chi connectivity index (χ0n) is 14.7. The van der Waals surface area contributed by atoms with Crippen molar-refractivity contribution in [2.45, 2.75) is 0 Å². The van der Waals surface area contributed by atoms with Crippen molar-refractivity contribution in [3.63, 3.8) is 0 Å². The van der Waals surface area contributed by atoms with E-state index in [4.69, 9.17) is 4.74 Å². The number of amides is 1. The molecule has 27 heavy (non-hydrogen) atoms. The topological polar surface area (TPSA) is 46.6 Å². The molecular weight excluding hydrogens is 365 g/mol. The molecule has 0 bridgehead atoms. The van der Waals surface area contributed by atoms with E-state index in [0.717, 1.165) is 0 Å². The molecule has 4 nitrogen and oxygen atoms in total. The second kappa shape index (κ2) is 8.60. The van der Waals surface area contributed by atoms with Crippen molar-refractivity contribution in [3.05, 3.63) is 87.9 Å². The first-order valence-electron chi connectivity index (χ1n) is 8.38. The van der Waals surface area contributed by atoms with Crippen LogP contribution in [0.2, 0.25) is 0 Å². The molecule has 0 aliphatic heterocycles. The van der Waals surface area contributed by atoms with Gasteiger partial charge < -0.3 is 9.64 Å². The number of rotatable bonds is 7. The molecule has 3 aromatic rings. The van der Waals surface area contributed by atoms with E-state index in [0.29, 0.717) is 16.0 Å². The number of benzene rings is 2. The third-order valence-corrected chi connectivity index (χ3v) is 4.88. The summed E-state index contributed by atoms with van der Waals surface area (Å²) in [6.45, 7) is 0.402. The maximum Gasteiger partial charge on any atom is 0.254 e. The van der Waals surface area contributed by atoms with Crippen molar-refractivity contribution >= 4 is 23.0 Å². The van der Waals surface area contributed by atoms with Gasteiger partial charge in [-0.2, -0.15) is 0 Å². The average Bonchev–Trinajstić information content (AvgIpc) is 3.23. The van der Waals surface area contributed by atoms with E-state index in [-0.39, 0.29) is 30.6 Å². The lowest BCUT2D eigenvalue weighted by atomic mass is 10.0. The molecule has 1 amide bonds. The normalized spacial score (nSPS) is 10.4. The van der Waals surface area contributed by atoms with Gasteiger partial charge >= 0.3 is 0 Å². The number of nitrogens with zero attached hydrogens (tertiary/aromatic N) is 1. The predicted molar refractivity (Wildman–Crippen MR) is 103 cm³/mol. The Morgan fingerprint density at radius 1 is 1.00 bits per heavy atom. The van der Waals surface area contributed by atoms with Crippen LogP contribution in [0.25, 0.3) is 0 Å². The first kappa shape index (κ1) is 18.8. The van der Waals surface area contributed by atoms with Crippen LogP contribution < -0.4 is 4.74 Å². The van der Waals surface area contributed by atoms with E-state index in [9.17, 15) is 14.0 Å². The summed E-state index contributed by atoms with van der Waals surface area (Å²) in [5.74, 6) is -0.761. The molecule has 0 atom stereocenters. The van der Waals surface area contributed by atoms with E-state index in [1.165, 1.54) is 28.4 Å². The molecule has 2 aromatic carbocycles. The number of ether oxygens (including phenoxy) is 1. The van der Waals surface area contributed by atoms with Gasteiger partial charge in [0.05, 0.1) is 17.0 Å². The molecule has 1 aromatic heterocycles.